The lowest BCUT2D eigenvalue weighted by Crippen LogP contribution is -2.66. The summed E-state index contributed by atoms with van der Waals surface area (Å²) in [6.07, 6.45) is 0.0689. The lowest BCUT2D eigenvalue weighted by Gasteiger charge is -2.49. The maximum Gasteiger partial charge on any atom is 0.255 e. The van der Waals surface area contributed by atoms with Crippen LogP contribution in [0.1, 0.15) is 24.5 Å². The van der Waals surface area contributed by atoms with Gasteiger partial charge in [-0.3, -0.25) is 19.2 Å². The molecule has 1 aromatic rings. The van der Waals surface area contributed by atoms with Crippen molar-refractivity contribution >= 4 is 34.8 Å². The zero-order valence-corrected chi connectivity index (χ0v) is 18.7. The van der Waals surface area contributed by atoms with E-state index in [0.29, 0.717) is 11.3 Å². The molecule has 0 bridgehead atoms. The minimum atomic E-state index is -2.79. The van der Waals surface area contributed by atoms with Crippen LogP contribution >= 0.6 is 0 Å². The van der Waals surface area contributed by atoms with Crippen molar-refractivity contribution < 1.29 is 39.6 Å². The number of rotatable bonds is 3. The zero-order chi connectivity index (χ0) is 25.3. The molecule has 0 aliphatic heterocycles. The van der Waals surface area contributed by atoms with Crippen LogP contribution in [0.3, 0.4) is 0 Å². The molecule has 0 radical (unpaired) electrons. The average molecular weight is 471 g/mol. The molecule has 0 spiro atoms. The summed E-state index contributed by atoms with van der Waals surface area (Å²) in [5.41, 5.74) is 2.48. The summed E-state index contributed by atoms with van der Waals surface area (Å²) in [6.45, 7) is 1.12. The van der Waals surface area contributed by atoms with Gasteiger partial charge in [0.15, 0.2) is 11.4 Å². The van der Waals surface area contributed by atoms with Crippen molar-refractivity contribution in [2.75, 3.05) is 19.0 Å². The predicted molar refractivity (Wildman–Crippen MR) is 119 cm³/mol. The number of anilines is 1. The van der Waals surface area contributed by atoms with E-state index in [9.17, 15) is 39.6 Å². The molecule has 7 N–H and O–H groups in total. The minimum absolute atomic E-state index is 0.0248. The maximum atomic E-state index is 13.7. The fourth-order valence-electron chi connectivity index (χ4n) is 5.46. The van der Waals surface area contributed by atoms with Gasteiger partial charge in [0.1, 0.15) is 22.8 Å². The molecule has 11 heteroatoms. The number of hydrogen-bond donors (Lipinski definition) is 6. The predicted octanol–water partition coefficient (Wildman–Crippen LogP) is -0.395. The van der Waals surface area contributed by atoms with Crippen LogP contribution in [0, 0.1) is 11.8 Å². The van der Waals surface area contributed by atoms with E-state index in [2.05, 4.69) is 5.32 Å². The van der Waals surface area contributed by atoms with Crippen molar-refractivity contribution in [2.45, 2.75) is 31.4 Å². The Balaban J connectivity index is 1.98. The lowest BCUT2D eigenvalue weighted by molar-refractivity contribution is -0.151. The molecular weight excluding hydrogens is 446 g/mol. The second-order valence-corrected chi connectivity index (χ2v) is 9.08. The molecule has 0 heterocycles. The quantitative estimate of drug-likeness (QED) is 0.319. The number of Topliss-reactive ketones (excluding diaryl/α,β-unsaturated/α-hetero) is 2. The Morgan fingerprint density at radius 1 is 1.18 bits per heavy atom. The molecule has 1 saturated carbocycles. The smallest absolute Gasteiger partial charge is 0.255 e. The van der Waals surface area contributed by atoms with Crippen LogP contribution in [0.15, 0.2) is 29.0 Å². The summed E-state index contributed by atoms with van der Waals surface area (Å²) < 4.78 is 0. The van der Waals surface area contributed by atoms with Gasteiger partial charge in [-0.05, 0) is 36.5 Å². The molecule has 11 nitrogen and oxygen atoms in total. The van der Waals surface area contributed by atoms with E-state index in [1.807, 2.05) is 0 Å². The van der Waals surface area contributed by atoms with Crippen LogP contribution in [-0.4, -0.2) is 69.5 Å². The number of ketones is 2. The Hall–Kier alpha value is -3.86. The molecule has 1 aromatic carbocycles. The number of nitrogens with zero attached hydrogens (tertiary/aromatic N) is 1. The highest BCUT2D eigenvalue weighted by Gasteiger charge is 2.64. The number of aliphatic hydroxyl groups is 3. The third kappa shape index (κ3) is 3.00. The van der Waals surface area contributed by atoms with Gasteiger partial charge >= 0.3 is 0 Å². The Labute approximate surface area is 194 Å². The van der Waals surface area contributed by atoms with Gasteiger partial charge in [0, 0.05) is 38.2 Å². The molecular formula is C23H25N3O8. The van der Waals surface area contributed by atoms with Crippen molar-refractivity contribution in [3.8, 4) is 5.75 Å². The second kappa shape index (κ2) is 7.59. The van der Waals surface area contributed by atoms with Crippen molar-refractivity contribution in [1.82, 2.24) is 5.32 Å². The second-order valence-electron chi connectivity index (χ2n) is 9.08. The molecule has 4 rings (SSSR count). The van der Waals surface area contributed by atoms with Crippen molar-refractivity contribution in [3.63, 3.8) is 0 Å². The number of hydrogen-bond acceptors (Lipinski definition) is 9. The number of amides is 2. The number of nitrogens with one attached hydrogen (secondary N) is 1. The highest BCUT2D eigenvalue weighted by molar-refractivity contribution is 6.25. The molecule has 1 fully saturated rings. The molecule has 180 valence electrons. The Bertz CT molecular complexity index is 1230. The van der Waals surface area contributed by atoms with Gasteiger partial charge in [-0.2, -0.15) is 0 Å². The molecule has 3 aliphatic rings. The first-order valence-corrected chi connectivity index (χ1v) is 10.6. The number of primary amides is 1. The third-order valence-corrected chi connectivity index (χ3v) is 6.90. The Morgan fingerprint density at radius 2 is 1.82 bits per heavy atom. The average Bonchev–Trinajstić information content (AvgIpc) is 2.73. The maximum absolute atomic E-state index is 13.7. The van der Waals surface area contributed by atoms with Gasteiger partial charge in [-0.1, -0.05) is 0 Å². The largest absolute Gasteiger partial charge is 0.508 e. The third-order valence-electron chi connectivity index (χ3n) is 6.90. The first kappa shape index (κ1) is 23.3. The van der Waals surface area contributed by atoms with Crippen LogP contribution in [0.25, 0.3) is 5.76 Å². The lowest BCUT2D eigenvalue weighted by atomic mass is 9.57. The van der Waals surface area contributed by atoms with E-state index in [0.717, 1.165) is 6.92 Å². The number of phenols is 1. The number of phenolic OH excluding ortho intramolecular Hbond substituents is 1. The molecule has 0 saturated heterocycles. The van der Waals surface area contributed by atoms with E-state index in [4.69, 9.17) is 5.73 Å². The number of benzene rings is 1. The van der Waals surface area contributed by atoms with Gasteiger partial charge in [0.2, 0.25) is 11.7 Å². The van der Waals surface area contributed by atoms with Crippen molar-refractivity contribution in [1.29, 1.82) is 0 Å². The monoisotopic (exact) mass is 471 g/mol. The number of carbonyl (C=O) groups is 4. The van der Waals surface area contributed by atoms with Gasteiger partial charge < -0.3 is 36.4 Å². The standard InChI is InChI=1S/C23H25N3O8/c1-8(27)25-17-11-7-9-6-10-12(26(2)3)4-5-13(28)15(10)18(29)14(9)20(31)23(11,34)21(32)16(19(17)30)22(24)33/h4-5,9,11,17,28-29,32,34H,6-7H2,1-3H3,(H2,24,33)(H,25,27)/t9-,11-,17?,23-/m0/s1. The fraction of sp³-hybridized carbons (Fsp3) is 0.391. The first-order chi connectivity index (χ1) is 15.8. The minimum Gasteiger partial charge on any atom is -0.508 e. The molecule has 34 heavy (non-hydrogen) atoms. The number of nitrogens with two attached hydrogens (primary N) is 1. The fourth-order valence-corrected chi connectivity index (χ4v) is 5.46. The van der Waals surface area contributed by atoms with E-state index < -0.39 is 64.0 Å². The molecule has 3 aliphatic carbocycles. The van der Waals surface area contributed by atoms with Crippen LogP contribution < -0.4 is 16.0 Å². The normalized spacial score (nSPS) is 28.2. The SMILES string of the molecule is CC(=O)NC1C(=O)C(C(N)=O)=C(O)[C@@]2(O)C(=O)C3=C(O)c4c(O)ccc(N(C)C)c4C[C@H]3C[C@@H]12. The van der Waals surface area contributed by atoms with Crippen molar-refractivity contribution in [2.24, 2.45) is 17.6 Å². The van der Waals surface area contributed by atoms with Gasteiger partial charge in [-0.15, -0.1) is 0 Å². The van der Waals surface area contributed by atoms with Crippen LogP contribution in [0.4, 0.5) is 5.69 Å². The summed E-state index contributed by atoms with van der Waals surface area (Å²) in [7, 11) is 3.54. The van der Waals surface area contributed by atoms with Crippen molar-refractivity contribution in [3.05, 3.63) is 40.2 Å². The van der Waals surface area contributed by atoms with E-state index in [-0.39, 0.29) is 29.7 Å². The number of carbonyl (C=O) groups excluding carboxylic acids is 4. The van der Waals surface area contributed by atoms with Gasteiger partial charge in [0.25, 0.3) is 5.91 Å². The first-order valence-electron chi connectivity index (χ1n) is 10.6. The summed E-state index contributed by atoms with van der Waals surface area (Å²) in [6, 6.07) is 1.52. The van der Waals surface area contributed by atoms with Crippen LogP contribution in [-0.2, 0) is 25.6 Å². The van der Waals surface area contributed by atoms with Gasteiger partial charge in [-0.25, -0.2) is 0 Å². The van der Waals surface area contributed by atoms with Crippen LogP contribution in [0.2, 0.25) is 0 Å². The van der Waals surface area contributed by atoms with E-state index in [1.54, 1.807) is 25.1 Å². The van der Waals surface area contributed by atoms with E-state index in [1.165, 1.54) is 6.07 Å². The number of fused-ring (bicyclic) bond motifs is 3. The number of aromatic hydroxyl groups is 1. The molecule has 2 amide bonds. The summed E-state index contributed by atoms with van der Waals surface area (Å²) in [5, 5.41) is 46.1. The Morgan fingerprint density at radius 3 is 2.38 bits per heavy atom. The van der Waals surface area contributed by atoms with Gasteiger partial charge in [0.05, 0.1) is 11.6 Å². The van der Waals surface area contributed by atoms with E-state index >= 15 is 0 Å². The topological polar surface area (TPSA) is 190 Å². The molecule has 4 atom stereocenters. The summed E-state index contributed by atoms with van der Waals surface area (Å²) in [4.78, 5) is 52.2. The van der Waals surface area contributed by atoms with Crippen LogP contribution in [0.5, 0.6) is 5.75 Å². The summed E-state index contributed by atoms with van der Waals surface area (Å²) >= 11 is 0. The molecule has 1 unspecified atom stereocenters. The zero-order valence-electron chi connectivity index (χ0n) is 18.7. The highest BCUT2D eigenvalue weighted by atomic mass is 16.3. The Kier molecular flexibility index (Phi) is 5.20. The summed E-state index contributed by atoms with van der Waals surface area (Å²) in [5.74, 6) is -8.27. The molecule has 0 aromatic heterocycles. The number of aliphatic hydroxyl groups excluding tert-OH is 2. The highest BCUT2D eigenvalue weighted by Crippen LogP contribution is 2.53.